The molecule has 3 nitrogen and oxygen atoms in total. The van der Waals surface area contributed by atoms with Gasteiger partial charge in [0.05, 0.1) is 0 Å². The van der Waals surface area contributed by atoms with E-state index in [9.17, 15) is 0 Å². The van der Waals surface area contributed by atoms with Gasteiger partial charge in [0.2, 0.25) is 0 Å². The number of para-hydroxylation sites is 1. The normalized spacial score (nSPS) is 10.6. The average molecular weight is 260 g/mol. The van der Waals surface area contributed by atoms with E-state index in [1.807, 2.05) is 18.2 Å². The van der Waals surface area contributed by atoms with Gasteiger partial charge in [-0.2, -0.15) is 4.98 Å². The summed E-state index contributed by atoms with van der Waals surface area (Å²) >= 11 is 2.19. The van der Waals surface area contributed by atoms with Crippen LogP contribution in [-0.4, -0.2) is 4.98 Å². The Morgan fingerprint density at radius 3 is 3.00 bits per heavy atom. The van der Waals surface area contributed by atoms with Crippen LogP contribution in [0.15, 0.2) is 22.6 Å². The molecule has 1 aromatic carbocycles. The molecule has 0 saturated heterocycles. The highest BCUT2D eigenvalue weighted by Gasteiger charge is 2.03. The molecule has 0 atom stereocenters. The lowest BCUT2D eigenvalue weighted by molar-refractivity contribution is 0.626. The monoisotopic (exact) mass is 260 g/mol. The zero-order valence-corrected chi connectivity index (χ0v) is 7.70. The number of hydrogen-bond acceptors (Lipinski definition) is 3. The Hall–Kier alpha value is -0.780. The molecule has 2 rings (SSSR count). The number of nitrogens with zero attached hydrogens (tertiary/aromatic N) is 1. The summed E-state index contributed by atoms with van der Waals surface area (Å²) in [7, 11) is 0. The molecule has 2 N–H and O–H groups in total. The number of benzene rings is 1. The number of fused-ring (bicyclic) bond motifs is 1. The number of halogens is 1. The van der Waals surface area contributed by atoms with E-state index < -0.39 is 0 Å². The van der Waals surface area contributed by atoms with E-state index in [1.54, 1.807) is 0 Å². The topological polar surface area (TPSA) is 52.0 Å². The van der Waals surface area contributed by atoms with Crippen molar-refractivity contribution in [3.8, 4) is 0 Å². The molecule has 2 aromatic rings. The Balaban J connectivity index is 2.90. The van der Waals surface area contributed by atoms with Crippen LogP contribution in [0.4, 0.5) is 6.01 Å². The quantitative estimate of drug-likeness (QED) is 0.737. The van der Waals surface area contributed by atoms with E-state index in [-0.39, 0.29) is 6.01 Å². The summed E-state index contributed by atoms with van der Waals surface area (Å²) in [6.07, 6.45) is 0. The molecule has 1 aromatic heterocycles. The highest BCUT2D eigenvalue weighted by atomic mass is 127. The summed E-state index contributed by atoms with van der Waals surface area (Å²) in [5.74, 6) is 0. The Labute approximate surface area is 76.7 Å². The molecule has 0 aliphatic rings. The molecule has 0 bridgehead atoms. The van der Waals surface area contributed by atoms with E-state index >= 15 is 0 Å². The zero-order chi connectivity index (χ0) is 7.84. The largest absolute Gasteiger partial charge is 0.424 e. The van der Waals surface area contributed by atoms with Crippen molar-refractivity contribution in [2.24, 2.45) is 0 Å². The van der Waals surface area contributed by atoms with Crippen LogP contribution in [0.1, 0.15) is 0 Å². The number of anilines is 1. The number of rotatable bonds is 0. The average Bonchev–Trinajstić information content (AvgIpc) is 2.31. The van der Waals surface area contributed by atoms with Crippen molar-refractivity contribution in [1.82, 2.24) is 4.98 Å². The Bertz CT molecular complexity index is 396. The van der Waals surface area contributed by atoms with E-state index in [2.05, 4.69) is 27.6 Å². The highest BCUT2D eigenvalue weighted by molar-refractivity contribution is 14.1. The van der Waals surface area contributed by atoms with Gasteiger partial charge in [0.15, 0.2) is 5.58 Å². The molecule has 11 heavy (non-hydrogen) atoms. The van der Waals surface area contributed by atoms with Gasteiger partial charge in [-0.15, -0.1) is 0 Å². The molecule has 1 heterocycles. The second-order valence-corrected chi connectivity index (χ2v) is 3.30. The maximum atomic E-state index is 5.38. The number of aromatic nitrogens is 1. The molecule has 0 aliphatic heterocycles. The van der Waals surface area contributed by atoms with E-state index in [1.165, 1.54) is 0 Å². The van der Waals surface area contributed by atoms with Gasteiger partial charge in [-0.05, 0) is 34.7 Å². The van der Waals surface area contributed by atoms with Crippen molar-refractivity contribution in [1.29, 1.82) is 0 Å². The molecule has 0 aliphatic carbocycles. The van der Waals surface area contributed by atoms with Crippen molar-refractivity contribution in [3.05, 3.63) is 21.8 Å². The van der Waals surface area contributed by atoms with Gasteiger partial charge in [0, 0.05) is 3.57 Å². The fraction of sp³-hybridized carbons (Fsp3) is 0. The van der Waals surface area contributed by atoms with Gasteiger partial charge < -0.3 is 10.2 Å². The summed E-state index contributed by atoms with van der Waals surface area (Å²) in [4.78, 5) is 4.02. The Kier molecular flexibility index (Phi) is 1.49. The maximum absolute atomic E-state index is 5.38. The second kappa shape index (κ2) is 2.37. The van der Waals surface area contributed by atoms with Crippen LogP contribution in [0, 0.1) is 3.57 Å². The maximum Gasteiger partial charge on any atom is 0.293 e. The van der Waals surface area contributed by atoms with Gasteiger partial charge in [-0.25, -0.2) is 0 Å². The summed E-state index contributed by atoms with van der Waals surface area (Å²) < 4.78 is 6.17. The fourth-order valence-electron chi connectivity index (χ4n) is 0.932. The first kappa shape index (κ1) is 6.90. The first-order valence-electron chi connectivity index (χ1n) is 3.08. The van der Waals surface area contributed by atoms with E-state index in [0.29, 0.717) is 0 Å². The SMILES string of the molecule is Nc1nc2c(I)cccc2o1. The lowest BCUT2D eigenvalue weighted by Gasteiger charge is -1.86. The van der Waals surface area contributed by atoms with Crippen LogP contribution in [-0.2, 0) is 0 Å². The summed E-state index contributed by atoms with van der Waals surface area (Å²) in [6.45, 7) is 0. The molecule has 0 radical (unpaired) electrons. The molecule has 0 fully saturated rings. The third kappa shape index (κ3) is 1.07. The number of oxazole rings is 1. The summed E-state index contributed by atoms with van der Waals surface area (Å²) in [6, 6.07) is 5.95. The summed E-state index contributed by atoms with van der Waals surface area (Å²) in [5, 5.41) is 0. The highest BCUT2D eigenvalue weighted by Crippen LogP contribution is 2.21. The lowest BCUT2D eigenvalue weighted by Crippen LogP contribution is -1.81. The molecule has 0 saturated carbocycles. The molecule has 0 amide bonds. The molecular formula is C7H5IN2O. The lowest BCUT2D eigenvalue weighted by atomic mass is 10.3. The van der Waals surface area contributed by atoms with Crippen LogP contribution >= 0.6 is 22.6 Å². The van der Waals surface area contributed by atoms with Crippen molar-refractivity contribution in [2.45, 2.75) is 0 Å². The van der Waals surface area contributed by atoms with Crippen LogP contribution in [0.2, 0.25) is 0 Å². The Morgan fingerprint density at radius 1 is 1.45 bits per heavy atom. The van der Waals surface area contributed by atoms with E-state index in [0.717, 1.165) is 14.7 Å². The van der Waals surface area contributed by atoms with Crippen LogP contribution < -0.4 is 5.73 Å². The first-order valence-corrected chi connectivity index (χ1v) is 4.16. The molecular weight excluding hydrogens is 255 g/mol. The zero-order valence-electron chi connectivity index (χ0n) is 5.54. The van der Waals surface area contributed by atoms with E-state index in [4.69, 9.17) is 10.2 Å². The minimum atomic E-state index is 0.226. The van der Waals surface area contributed by atoms with Crippen LogP contribution in [0.25, 0.3) is 11.1 Å². The van der Waals surface area contributed by atoms with Crippen molar-refractivity contribution in [3.63, 3.8) is 0 Å². The van der Waals surface area contributed by atoms with Gasteiger partial charge >= 0.3 is 0 Å². The van der Waals surface area contributed by atoms with Crippen LogP contribution in [0.5, 0.6) is 0 Å². The summed E-state index contributed by atoms with van der Waals surface area (Å²) in [5.41, 5.74) is 6.96. The minimum Gasteiger partial charge on any atom is -0.424 e. The van der Waals surface area contributed by atoms with Crippen LogP contribution in [0.3, 0.4) is 0 Å². The predicted molar refractivity (Wildman–Crippen MR) is 51.1 cm³/mol. The molecule has 0 unspecified atom stereocenters. The van der Waals surface area contributed by atoms with Crippen molar-refractivity contribution >= 4 is 39.7 Å². The second-order valence-electron chi connectivity index (χ2n) is 2.14. The van der Waals surface area contributed by atoms with Gasteiger partial charge in [-0.3, -0.25) is 0 Å². The Morgan fingerprint density at radius 2 is 2.27 bits per heavy atom. The van der Waals surface area contributed by atoms with Gasteiger partial charge in [-0.1, -0.05) is 6.07 Å². The molecule has 0 spiro atoms. The fourth-order valence-corrected chi connectivity index (χ4v) is 1.53. The van der Waals surface area contributed by atoms with Gasteiger partial charge in [0.1, 0.15) is 5.52 Å². The minimum absolute atomic E-state index is 0.226. The smallest absolute Gasteiger partial charge is 0.293 e. The molecule has 56 valence electrons. The standard InChI is InChI=1S/C7H5IN2O/c8-4-2-1-3-5-6(4)10-7(9)11-5/h1-3H,(H2,9,10). The molecule has 4 heteroatoms. The number of nitrogens with two attached hydrogens (primary N) is 1. The first-order chi connectivity index (χ1) is 5.27. The number of hydrogen-bond donors (Lipinski definition) is 1. The van der Waals surface area contributed by atoms with Crippen molar-refractivity contribution in [2.75, 3.05) is 5.73 Å². The number of nitrogen functional groups attached to an aromatic ring is 1. The van der Waals surface area contributed by atoms with Crippen molar-refractivity contribution < 1.29 is 4.42 Å². The third-order valence-corrected chi connectivity index (χ3v) is 2.26. The predicted octanol–water partition coefficient (Wildman–Crippen LogP) is 2.01. The van der Waals surface area contributed by atoms with Gasteiger partial charge in [0.25, 0.3) is 6.01 Å². The third-order valence-electron chi connectivity index (χ3n) is 1.39.